The van der Waals surface area contributed by atoms with Crippen LogP contribution in [0.1, 0.15) is 32.2 Å². The minimum atomic E-state index is 0.439. The van der Waals surface area contributed by atoms with E-state index in [0.717, 1.165) is 35.9 Å². The average Bonchev–Trinajstić information content (AvgIpc) is 2.46. The van der Waals surface area contributed by atoms with E-state index in [2.05, 4.69) is 31.2 Å². The van der Waals surface area contributed by atoms with Crippen LogP contribution >= 0.6 is 11.6 Å². The molecule has 0 aliphatic carbocycles. The Labute approximate surface area is 96.8 Å². The Morgan fingerprint density at radius 3 is 2.67 bits per heavy atom. The van der Waals surface area contributed by atoms with E-state index < -0.39 is 0 Å². The van der Waals surface area contributed by atoms with E-state index in [1.165, 1.54) is 0 Å². The molecule has 0 amide bonds. The first-order valence-corrected chi connectivity index (χ1v) is 5.93. The van der Waals surface area contributed by atoms with Gasteiger partial charge in [0.05, 0.1) is 16.4 Å². The van der Waals surface area contributed by atoms with Crippen LogP contribution in [0.15, 0.2) is 0 Å². The summed E-state index contributed by atoms with van der Waals surface area (Å²) in [6.45, 7) is 10.2. The Morgan fingerprint density at radius 1 is 1.47 bits per heavy atom. The van der Waals surface area contributed by atoms with Gasteiger partial charge in [0.2, 0.25) is 0 Å². The van der Waals surface area contributed by atoms with Crippen molar-refractivity contribution in [1.29, 1.82) is 0 Å². The summed E-state index contributed by atoms with van der Waals surface area (Å²) in [5, 5.41) is 8.60. The molecule has 0 saturated carbocycles. The molecule has 1 aromatic heterocycles. The normalized spacial score (nSPS) is 13.1. The maximum absolute atomic E-state index is 6.23. The number of nitrogens with one attached hydrogen (secondary N) is 1. The predicted molar refractivity (Wildman–Crippen MR) is 64.5 cm³/mol. The van der Waals surface area contributed by atoms with Gasteiger partial charge in [0.1, 0.15) is 0 Å². The number of aromatic nitrogens is 2. The Hall–Kier alpha value is -0.540. The minimum absolute atomic E-state index is 0.439. The summed E-state index contributed by atoms with van der Waals surface area (Å²) < 4.78 is 1.99. The van der Waals surface area contributed by atoms with Crippen molar-refractivity contribution >= 4 is 11.6 Å². The number of hydrogen-bond acceptors (Lipinski definition) is 2. The van der Waals surface area contributed by atoms with E-state index in [1.807, 2.05) is 11.6 Å². The van der Waals surface area contributed by atoms with E-state index in [4.69, 9.17) is 11.6 Å². The Kier molecular flexibility index (Phi) is 4.61. The lowest BCUT2D eigenvalue weighted by atomic mass is 10.1. The highest BCUT2D eigenvalue weighted by atomic mass is 35.5. The molecule has 0 fully saturated rings. The van der Waals surface area contributed by atoms with Crippen LogP contribution < -0.4 is 5.32 Å². The van der Waals surface area contributed by atoms with E-state index in [9.17, 15) is 0 Å². The minimum Gasteiger partial charge on any atom is -0.314 e. The van der Waals surface area contributed by atoms with Gasteiger partial charge in [-0.3, -0.25) is 4.68 Å². The third-order valence-electron chi connectivity index (χ3n) is 2.50. The maximum Gasteiger partial charge on any atom is 0.0847 e. The van der Waals surface area contributed by atoms with E-state index >= 15 is 0 Å². The Bertz CT molecular complexity index is 320. The summed E-state index contributed by atoms with van der Waals surface area (Å²) in [6, 6.07) is 0.439. The molecular formula is C11H20ClN3. The highest BCUT2D eigenvalue weighted by Crippen LogP contribution is 2.21. The van der Waals surface area contributed by atoms with Crippen LogP contribution in [0.3, 0.4) is 0 Å². The fourth-order valence-electron chi connectivity index (χ4n) is 1.77. The first-order chi connectivity index (χ1) is 7.10. The van der Waals surface area contributed by atoms with Crippen molar-refractivity contribution in [2.24, 2.45) is 0 Å². The number of aryl methyl sites for hydroxylation is 2. The molecular weight excluding hydrogens is 210 g/mol. The SMILES string of the molecule is CCNC(C)Cc1c(Cl)c(C)nn1CC. The zero-order valence-corrected chi connectivity index (χ0v) is 10.7. The van der Waals surface area contributed by atoms with Crippen molar-refractivity contribution < 1.29 is 0 Å². The highest BCUT2D eigenvalue weighted by molar-refractivity contribution is 6.31. The van der Waals surface area contributed by atoms with Crippen molar-refractivity contribution in [3.63, 3.8) is 0 Å². The van der Waals surface area contributed by atoms with Gasteiger partial charge in [0.15, 0.2) is 0 Å². The van der Waals surface area contributed by atoms with Gasteiger partial charge < -0.3 is 5.32 Å². The zero-order chi connectivity index (χ0) is 11.4. The molecule has 1 N–H and O–H groups in total. The number of halogens is 1. The molecule has 86 valence electrons. The largest absolute Gasteiger partial charge is 0.314 e. The second kappa shape index (κ2) is 5.52. The summed E-state index contributed by atoms with van der Waals surface area (Å²) in [5.41, 5.74) is 2.07. The lowest BCUT2D eigenvalue weighted by Crippen LogP contribution is -2.28. The summed E-state index contributed by atoms with van der Waals surface area (Å²) in [6.07, 6.45) is 0.932. The van der Waals surface area contributed by atoms with Crippen molar-refractivity contribution in [3.05, 3.63) is 16.4 Å². The van der Waals surface area contributed by atoms with Gasteiger partial charge in [-0.15, -0.1) is 0 Å². The molecule has 1 aromatic rings. The molecule has 0 aromatic carbocycles. The summed E-state index contributed by atoms with van der Waals surface area (Å²) in [4.78, 5) is 0. The van der Waals surface area contributed by atoms with Gasteiger partial charge in [-0.05, 0) is 27.3 Å². The molecule has 0 saturated heterocycles. The third-order valence-corrected chi connectivity index (χ3v) is 3.00. The smallest absolute Gasteiger partial charge is 0.0847 e. The molecule has 0 aliphatic heterocycles. The molecule has 15 heavy (non-hydrogen) atoms. The number of nitrogens with zero attached hydrogens (tertiary/aromatic N) is 2. The fourth-order valence-corrected chi connectivity index (χ4v) is 1.99. The monoisotopic (exact) mass is 229 g/mol. The zero-order valence-electron chi connectivity index (χ0n) is 9.97. The number of hydrogen-bond donors (Lipinski definition) is 1. The second-order valence-corrected chi connectivity index (χ2v) is 4.20. The Balaban J connectivity index is 2.82. The lowest BCUT2D eigenvalue weighted by Gasteiger charge is -2.13. The quantitative estimate of drug-likeness (QED) is 0.841. The van der Waals surface area contributed by atoms with Crippen molar-refractivity contribution in [2.45, 2.75) is 46.7 Å². The van der Waals surface area contributed by atoms with E-state index in [1.54, 1.807) is 0 Å². The maximum atomic E-state index is 6.23. The molecule has 1 rings (SSSR count). The molecule has 3 nitrogen and oxygen atoms in total. The standard InChI is InChI=1S/C11H20ClN3/c1-5-13-8(3)7-10-11(12)9(4)14-15(10)6-2/h8,13H,5-7H2,1-4H3. The average molecular weight is 230 g/mol. The first kappa shape index (κ1) is 12.5. The van der Waals surface area contributed by atoms with Crippen LogP contribution in [-0.4, -0.2) is 22.4 Å². The van der Waals surface area contributed by atoms with Crippen LogP contribution in [0.2, 0.25) is 5.02 Å². The highest BCUT2D eigenvalue weighted by Gasteiger charge is 2.14. The lowest BCUT2D eigenvalue weighted by molar-refractivity contribution is 0.528. The second-order valence-electron chi connectivity index (χ2n) is 3.82. The first-order valence-electron chi connectivity index (χ1n) is 5.55. The Morgan fingerprint density at radius 2 is 2.13 bits per heavy atom. The molecule has 0 spiro atoms. The van der Waals surface area contributed by atoms with Crippen molar-refractivity contribution in [2.75, 3.05) is 6.54 Å². The van der Waals surface area contributed by atoms with Crippen molar-refractivity contribution in [1.82, 2.24) is 15.1 Å². The predicted octanol–water partition coefficient (Wildman–Crippen LogP) is 2.41. The molecule has 1 heterocycles. The van der Waals surface area contributed by atoms with Gasteiger partial charge in [-0.25, -0.2) is 0 Å². The van der Waals surface area contributed by atoms with Crippen LogP contribution in [0.25, 0.3) is 0 Å². The fraction of sp³-hybridized carbons (Fsp3) is 0.727. The van der Waals surface area contributed by atoms with Gasteiger partial charge in [-0.1, -0.05) is 18.5 Å². The van der Waals surface area contributed by atoms with Gasteiger partial charge in [-0.2, -0.15) is 5.10 Å². The third kappa shape index (κ3) is 2.95. The molecule has 4 heteroatoms. The van der Waals surface area contributed by atoms with Crippen molar-refractivity contribution in [3.8, 4) is 0 Å². The summed E-state index contributed by atoms with van der Waals surface area (Å²) >= 11 is 6.23. The van der Waals surface area contributed by atoms with E-state index in [0.29, 0.717) is 6.04 Å². The van der Waals surface area contributed by atoms with Crippen LogP contribution in [-0.2, 0) is 13.0 Å². The van der Waals surface area contributed by atoms with Crippen LogP contribution in [0.5, 0.6) is 0 Å². The molecule has 0 bridgehead atoms. The molecule has 0 radical (unpaired) electrons. The molecule has 1 unspecified atom stereocenters. The summed E-state index contributed by atoms with van der Waals surface area (Å²) in [7, 11) is 0. The topological polar surface area (TPSA) is 29.9 Å². The molecule has 1 atom stereocenters. The summed E-state index contributed by atoms with van der Waals surface area (Å²) in [5.74, 6) is 0. The van der Waals surface area contributed by atoms with Gasteiger partial charge in [0, 0.05) is 19.0 Å². The van der Waals surface area contributed by atoms with Gasteiger partial charge >= 0.3 is 0 Å². The van der Waals surface area contributed by atoms with Gasteiger partial charge in [0.25, 0.3) is 0 Å². The number of rotatable bonds is 5. The molecule has 0 aliphatic rings. The van der Waals surface area contributed by atoms with Crippen LogP contribution in [0, 0.1) is 6.92 Å². The van der Waals surface area contributed by atoms with E-state index in [-0.39, 0.29) is 0 Å². The number of likely N-dealkylation sites (N-methyl/N-ethyl adjacent to an activating group) is 1. The van der Waals surface area contributed by atoms with Crippen LogP contribution in [0.4, 0.5) is 0 Å².